The molecule has 3 N–H and O–H groups in total. The zero-order chi connectivity index (χ0) is 25.8. The predicted octanol–water partition coefficient (Wildman–Crippen LogP) is 3.14. The van der Waals surface area contributed by atoms with Gasteiger partial charge in [-0.2, -0.15) is 0 Å². The van der Waals surface area contributed by atoms with Crippen LogP contribution in [0.5, 0.6) is 5.75 Å². The molecule has 1 aromatic rings. The first kappa shape index (κ1) is 29.5. The summed E-state index contributed by atoms with van der Waals surface area (Å²) in [5, 5.41) is 3.76. The molecule has 8 nitrogen and oxygen atoms in total. The van der Waals surface area contributed by atoms with Gasteiger partial charge in [-0.25, -0.2) is 12.7 Å². The number of sulfonamides is 1. The fourth-order valence-electron chi connectivity index (χ4n) is 4.77. The quantitative estimate of drug-likeness (QED) is 0.501. The highest BCUT2D eigenvalue weighted by atomic mass is 32.2. The number of aryl methyl sites for hydroxylation is 1. The maximum Gasteiger partial charge on any atom is 0.243 e. The van der Waals surface area contributed by atoms with Crippen LogP contribution in [0.15, 0.2) is 23.1 Å². The minimum absolute atomic E-state index is 0.00900. The monoisotopic (exact) mass is 510 g/mol. The number of primary amides is 1. The Hall–Kier alpha value is -1.68. The molecule has 0 aromatic heterocycles. The molecule has 2 fully saturated rings. The Morgan fingerprint density at radius 1 is 1.17 bits per heavy atom. The third-order valence-corrected chi connectivity index (χ3v) is 9.19. The van der Waals surface area contributed by atoms with Crippen molar-refractivity contribution in [2.75, 3.05) is 47.4 Å². The summed E-state index contributed by atoms with van der Waals surface area (Å²) in [5.41, 5.74) is 5.60. The van der Waals surface area contributed by atoms with Crippen molar-refractivity contribution in [1.82, 2.24) is 14.5 Å². The summed E-state index contributed by atoms with van der Waals surface area (Å²) >= 11 is 0. The lowest BCUT2D eigenvalue weighted by atomic mass is 9.87. The van der Waals surface area contributed by atoms with Gasteiger partial charge in [0, 0.05) is 26.1 Å². The van der Waals surface area contributed by atoms with Crippen molar-refractivity contribution >= 4 is 15.9 Å². The van der Waals surface area contributed by atoms with Crippen molar-refractivity contribution in [3.05, 3.63) is 23.8 Å². The number of rotatable bonds is 10. The van der Waals surface area contributed by atoms with Gasteiger partial charge in [-0.3, -0.25) is 4.79 Å². The lowest BCUT2D eigenvalue weighted by Crippen LogP contribution is -2.41. The van der Waals surface area contributed by atoms with Crippen molar-refractivity contribution in [2.24, 2.45) is 11.7 Å². The van der Waals surface area contributed by atoms with E-state index >= 15 is 0 Å². The number of hydrogen-bond acceptors (Lipinski definition) is 6. The zero-order valence-electron chi connectivity index (χ0n) is 22.1. The molecular formula is C26H46N4O4S. The van der Waals surface area contributed by atoms with Crippen molar-refractivity contribution < 1.29 is 17.9 Å². The van der Waals surface area contributed by atoms with Crippen LogP contribution in [0.4, 0.5) is 0 Å². The van der Waals surface area contributed by atoms with E-state index < -0.39 is 15.9 Å². The summed E-state index contributed by atoms with van der Waals surface area (Å²) in [6, 6.07) is 5.53. The topological polar surface area (TPSA) is 105 Å². The van der Waals surface area contributed by atoms with Gasteiger partial charge in [-0.1, -0.05) is 32.1 Å². The number of carbonyl (C=O) groups excluding carboxylic acids is 1. The summed E-state index contributed by atoms with van der Waals surface area (Å²) in [6.45, 7) is 5.57. The van der Waals surface area contributed by atoms with E-state index in [0.717, 1.165) is 16.3 Å². The van der Waals surface area contributed by atoms with Crippen LogP contribution in [0.2, 0.25) is 0 Å². The summed E-state index contributed by atoms with van der Waals surface area (Å²) in [5.74, 6) is 1.09. The molecule has 200 valence electrons. The molecule has 35 heavy (non-hydrogen) atoms. The van der Waals surface area contributed by atoms with E-state index in [1.165, 1.54) is 91.2 Å². The number of nitrogens with two attached hydrogens (primary N) is 1. The SMILES string of the molecule is CN1CCC(NCCC2CCCCC2)CC1.COc1ccc(S(=O)(=O)N(C)CCC(N)=O)c(C)c1. The third kappa shape index (κ3) is 10.1. The number of methoxy groups -OCH3 is 1. The summed E-state index contributed by atoms with van der Waals surface area (Å²) < 4.78 is 30.7. The minimum Gasteiger partial charge on any atom is -0.497 e. The molecule has 1 amide bonds. The number of benzene rings is 1. The highest BCUT2D eigenvalue weighted by Crippen LogP contribution is 2.26. The van der Waals surface area contributed by atoms with E-state index in [9.17, 15) is 13.2 Å². The largest absolute Gasteiger partial charge is 0.497 e. The zero-order valence-corrected chi connectivity index (χ0v) is 22.9. The van der Waals surface area contributed by atoms with E-state index in [4.69, 9.17) is 10.5 Å². The molecule has 1 saturated carbocycles. The van der Waals surface area contributed by atoms with Crippen LogP contribution < -0.4 is 15.8 Å². The standard InChI is InChI=1S/C14H28N2.C12H18N2O4S/c1-16-11-8-14(9-12-16)15-10-7-13-5-3-2-4-6-13;1-9-8-10(18-3)4-5-11(9)19(16,17)14(2)7-6-12(13)15/h13-15H,2-12H2,1H3;4-5,8H,6-7H2,1-3H3,(H2,13,15). The van der Waals surface area contributed by atoms with Crippen LogP contribution in [0.25, 0.3) is 0 Å². The highest BCUT2D eigenvalue weighted by Gasteiger charge is 2.23. The maximum absolute atomic E-state index is 12.3. The van der Waals surface area contributed by atoms with Gasteiger partial charge in [0.1, 0.15) is 5.75 Å². The lowest BCUT2D eigenvalue weighted by molar-refractivity contribution is -0.118. The van der Waals surface area contributed by atoms with E-state index in [1.54, 1.807) is 19.1 Å². The third-order valence-electron chi connectivity index (χ3n) is 7.17. The molecule has 1 heterocycles. The van der Waals surface area contributed by atoms with Crippen molar-refractivity contribution in [3.63, 3.8) is 0 Å². The molecule has 2 aliphatic rings. The van der Waals surface area contributed by atoms with Gasteiger partial charge in [0.2, 0.25) is 15.9 Å². The van der Waals surface area contributed by atoms with E-state index in [2.05, 4.69) is 17.3 Å². The molecule has 1 aliphatic heterocycles. The van der Waals surface area contributed by atoms with Crippen molar-refractivity contribution in [1.29, 1.82) is 0 Å². The number of amides is 1. The molecule has 0 atom stereocenters. The van der Waals surface area contributed by atoms with Crippen LogP contribution in [0.1, 0.15) is 63.4 Å². The Morgan fingerprint density at radius 3 is 2.40 bits per heavy atom. The second-order valence-electron chi connectivity index (χ2n) is 10.00. The number of nitrogens with one attached hydrogen (secondary N) is 1. The predicted molar refractivity (Wildman–Crippen MR) is 141 cm³/mol. The van der Waals surface area contributed by atoms with Crippen LogP contribution in [-0.4, -0.2) is 77.0 Å². The van der Waals surface area contributed by atoms with Crippen LogP contribution in [0.3, 0.4) is 0 Å². The van der Waals surface area contributed by atoms with Gasteiger partial charge in [-0.15, -0.1) is 0 Å². The number of likely N-dealkylation sites (tertiary alicyclic amines) is 1. The first-order valence-corrected chi connectivity index (χ1v) is 14.4. The Kier molecular flexibility index (Phi) is 12.5. The van der Waals surface area contributed by atoms with Crippen LogP contribution >= 0.6 is 0 Å². The molecule has 0 bridgehead atoms. The molecule has 0 unspecified atom stereocenters. The lowest BCUT2D eigenvalue weighted by Gasteiger charge is -2.30. The average Bonchev–Trinajstić information content (AvgIpc) is 2.84. The molecule has 1 aliphatic carbocycles. The average molecular weight is 511 g/mol. The minimum atomic E-state index is -3.62. The molecule has 0 radical (unpaired) electrons. The second kappa shape index (κ2) is 14.8. The first-order valence-electron chi connectivity index (χ1n) is 12.9. The van der Waals surface area contributed by atoms with Gasteiger partial charge >= 0.3 is 0 Å². The summed E-state index contributed by atoms with van der Waals surface area (Å²) in [6.07, 6.45) is 11.6. The fraction of sp³-hybridized carbons (Fsp3) is 0.731. The van der Waals surface area contributed by atoms with Crippen LogP contribution in [0, 0.1) is 12.8 Å². The highest BCUT2D eigenvalue weighted by molar-refractivity contribution is 7.89. The Balaban J connectivity index is 0.000000250. The van der Waals surface area contributed by atoms with Gasteiger partial charge in [-0.05, 0) is 82.5 Å². The van der Waals surface area contributed by atoms with Gasteiger partial charge < -0.3 is 20.7 Å². The number of nitrogens with zero attached hydrogens (tertiary/aromatic N) is 2. The van der Waals surface area contributed by atoms with E-state index in [0.29, 0.717) is 11.3 Å². The van der Waals surface area contributed by atoms with Gasteiger partial charge in [0.05, 0.1) is 12.0 Å². The molecular weight excluding hydrogens is 464 g/mol. The summed E-state index contributed by atoms with van der Waals surface area (Å²) in [7, 11) is 1.55. The molecule has 3 rings (SSSR count). The van der Waals surface area contributed by atoms with Gasteiger partial charge in [0.25, 0.3) is 0 Å². The smallest absolute Gasteiger partial charge is 0.243 e. The van der Waals surface area contributed by atoms with Gasteiger partial charge in [0.15, 0.2) is 0 Å². The Morgan fingerprint density at radius 2 is 1.83 bits per heavy atom. The molecule has 1 saturated heterocycles. The first-order chi connectivity index (χ1) is 16.6. The second-order valence-corrected chi connectivity index (χ2v) is 12.0. The molecule has 1 aromatic carbocycles. The molecule has 9 heteroatoms. The maximum atomic E-state index is 12.3. The van der Waals surface area contributed by atoms with E-state index in [-0.39, 0.29) is 17.9 Å². The number of piperidine rings is 1. The number of ether oxygens (including phenoxy) is 1. The van der Waals surface area contributed by atoms with E-state index in [1.807, 2.05) is 0 Å². The van der Waals surface area contributed by atoms with Crippen molar-refractivity contribution in [2.45, 2.75) is 75.6 Å². The normalized spacial score (nSPS) is 18.2. The number of carbonyl (C=O) groups is 1. The van der Waals surface area contributed by atoms with Crippen LogP contribution in [-0.2, 0) is 14.8 Å². The number of hydrogen-bond donors (Lipinski definition) is 2. The Bertz CT molecular complexity index is 879. The van der Waals surface area contributed by atoms with Crippen molar-refractivity contribution in [3.8, 4) is 5.75 Å². The molecule has 0 spiro atoms. The summed E-state index contributed by atoms with van der Waals surface area (Å²) in [4.78, 5) is 13.3. The fourth-order valence-corrected chi connectivity index (χ4v) is 6.15. The Labute approximate surface area is 212 Å².